The van der Waals surface area contributed by atoms with E-state index in [9.17, 15) is 9.59 Å². The smallest absolute Gasteiger partial charge is 0.328 e. The highest BCUT2D eigenvalue weighted by Crippen LogP contribution is 2.19. The molecule has 1 aromatic heterocycles. The molecule has 2 aromatic carbocycles. The van der Waals surface area contributed by atoms with Crippen molar-refractivity contribution in [1.29, 1.82) is 0 Å². The molecule has 1 amide bonds. The Labute approximate surface area is 145 Å². The van der Waals surface area contributed by atoms with Crippen molar-refractivity contribution in [2.75, 3.05) is 5.32 Å². The minimum Gasteiger partial charge on any atom is -0.481 e. The Kier molecular flexibility index (Phi) is 4.35. The first-order valence-electron chi connectivity index (χ1n) is 8.06. The van der Waals surface area contributed by atoms with Gasteiger partial charge in [0.25, 0.3) is 5.91 Å². The number of anilines is 1. The standard InChI is InChI=1S/C19H21N3O3/c1-12-5-8-15(9-6-12)25-13(2)18(23)20-14-7-10-16-17(11-14)22(4)19(24)21(16)3/h5-11,13H,1-4H3,(H,20,23)/t13-/m1/s1. The van der Waals surface area contributed by atoms with Crippen molar-refractivity contribution in [2.24, 2.45) is 14.1 Å². The number of hydrogen-bond acceptors (Lipinski definition) is 3. The van der Waals surface area contributed by atoms with Gasteiger partial charge in [0.15, 0.2) is 6.10 Å². The molecule has 130 valence electrons. The highest BCUT2D eigenvalue weighted by Gasteiger charge is 2.16. The Bertz CT molecular complexity index is 984. The molecular weight excluding hydrogens is 318 g/mol. The van der Waals surface area contributed by atoms with E-state index in [1.54, 1.807) is 42.3 Å². The second-order valence-corrected chi connectivity index (χ2v) is 6.17. The van der Waals surface area contributed by atoms with Crippen molar-refractivity contribution in [2.45, 2.75) is 20.0 Å². The van der Waals surface area contributed by atoms with Crippen LogP contribution in [-0.2, 0) is 18.9 Å². The summed E-state index contributed by atoms with van der Waals surface area (Å²) in [6, 6.07) is 12.9. The summed E-state index contributed by atoms with van der Waals surface area (Å²) in [7, 11) is 3.43. The number of imidazole rings is 1. The van der Waals surface area contributed by atoms with Gasteiger partial charge in [0.2, 0.25) is 0 Å². The summed E-state index contributed by atoms with van der Waals surface area (Å²) in [6.45, 7) is 3.69. The minimum absolute atomic E-state index is 0.102. The van der Waals surface area contributed by atoms with E-state index < -0.39 is 6.10 Å². The Morgan fingerprint density at radius 2 is 1.68 bits per heavy atom. The summed E-state index contributed by atoms with van der Waals surface area (Å²) in [5.74, 6) is 0.398. The predicted octanol–water partition coefficient (Wildman–Crippen LogP) is 2.59. The van der Waals surface area contributed by atoms with Gasteiger partial charge in [-0.1, -0.05) is 17.7 Å². The molecule has 6 heteroatoms. The van der Waals surface area contributed by atoms with Gasteiger partial charge in [-0.05, 0) is 44.2 Å². The van der Waals surface area contributed by atoms with E-state index in [1.165, 1.54) is 0 Å². The van der Waals surface area contributed by atoms with Crippen molar-refractivity contribution >= 4 is 22.6 Å². The fourth-order valence-electron chi connectivity index (χ4n) is 2.70. The molecule has 0 saturated heterocycles. The number of carbonyl (C=O) groups excluding carboxylic acids is 1. The van der Waals surface area contributed by atoms with Crippen LogP contribution < -0.4 is 15.7 Å². The van der Waals surface area contributed by atoms with Crippen LogP contribution in [0.2, 0.25) is 0 Å². The first-order valence-corrected chi connectivity index (χ1v) is 8.06. The van der Waals surface area contributed by atoms with Gasteiger partial charge >= 0.3 is 5.69 Å². The van der Waals surface area contributed by atoms with E-state index in [-0.39, 0.29) is 11.6 Å². The Balaban J connectivity index is 1.76. The zero-order valence-electron chi connectivity index (χ0n) is 14.7. The Morgan fingerprint density at radius 1 is 1.04 bits per heavy atom. The maximum atomic E-state index is 12.4. The third kappa shape index (κ3) is 3.28. The average Bonchev–Trinajstić information content (AvgIpc) is 2.81. The van der Waals surface area contributed by atoms with Crippen LogP contribution in [0, 0.1) is 6.92 Å². The van der Waals surface area contributed by atoms with Gasteiger partial charge in [-0.15, -0.1) is 0 Å². The number of aryl methyl sites for hydroxylation is 3. The van der Waals surface area contributed by atoms with Gasteiger partial charge in [-0.2, -0.15) is 0 Å². The molecule has 0 aliphatic rings. The topological polar surface area (TPSA) is 65.3 Å². The van der Waals surface area contributed by atoms with E-state index in [0.29, 0.717) is 11.4 Å². The lowest BCUT2D eigenvalue weighted by Gasteiger charge is -2.15. The molecule has 0 fully saturated rings. The molecule has 0 saturated carbocycles. The van der Waals surface area contributed by atoms with Gasteiger partial charge in [-0.25, -0.2) is 4.79 Å². The number of aromatic nitrogens is 2. The molecular formula is C19H21N3O3. The van der Waals surface area contributed by atoms with Crippen LogP contribution in [0.3, 0.4) is 0 Å². The number of hydrogen-bond donors (Lipinski definition) is 1. The van der Waals surface area contributed by atoms with E-state index in [0.717, 1.165) is 16.6 Å². The fourth-order valence-corrected chi connectivity index (χ4v) is 2.70. The van der Waals surface area contributed by atoms with Gasteiger partial charge < -0.3 is 10.1 Å². The normalized spacial score (nSPS) is 12.2. The zero-order valence-corrected chi connectivity index (χ0v) is 14.7. The lowest BCUT2D eigenvalue weighted by molar-refractivity contribution is -0.122. The molecule has 1 heterocycles. The molecule has 0 unspecified atom stereocenters. The van der Waals surface area contributed by atoms with Crippen LogP contribution in [0.1, 0.15) is 12.5 Å². The first-order chi connectivity index (χ1) is 11.9. The van der Waals surface area contributed by atoms with Crippen molar-refractivity contribution < 1.29 is 9.53 Å². The van der Waals surface area contributed by atoms with Crippen molar-refractivity contribution in [3.63, 3.8) is 0 Å². The number of nitrogens with one attached hydrogen (secondary N) is 1. The number of amides is 1. The van der Waals surface area contributed by atoms with Gasteiger partial charge in [0, 0.05) is 19.8 Å². The van der Waals surface area contributed by atoms with Gasteiger partial charge in [0.05, 0.1) is 11.0 Å². The van der Waals surface area contributed by atoms with Crippen LogP contribution in [0.15, 0.2) is 47.3 Å². The molecule has 1 N–H and O–H groups in total. The summed E-state index contributed by atoms with van der Waals surface area (Å²) >= 11 is 0. The second-order valence-electron chi connectivity index (χ2n) is 6.17. The Morgan fingerprint density at radius 3 is 2.36 bits per heavy atom. The number of nitrogens with zero attached hydrogens (tertiary/aromatic N) is 2. The molecule has 0 aliphatic carbocycles. The third-order valence-electron chi connectivity index (χ3n) is 4.24. The quantitative estimate of drug-likeness (QED) is 0.794. The first kappa shape index (κ1) is 16.8. The minimum atomic E-state index is -0.641. The van der Waals surface area contributed by atoms with E-state index in [2.05, 4.69) is 5.32 Å². The molecule has 0 bridgehead atoms. The SMILES string of the molecule is Cc1ccc(O[C@H](C)C(=O)Nc2ccc3c(c2)n(C)c(=O)n3C)cc1. The Hall–Kier alpha value is -3.02. The number of benzene rings is 2. The summed E-state index contributed by atoms with van der Waals surface area (Å²) in [5, 5.41) is 2.83. The summed E-state index contributed by atoms with van der Waals surface area (Å²) in [6.07, 6.45) is -0.641. The van der Waals surface area contributed by atoms with Gasteiger partial charge in [-0.3, -0.25) is 13.9 Å². The maximum absolute atomic E-state index is 12.4. The molecule has 0 aliphatic heterocycles. The average molecular weight is 339 g/mol. The highest BCUT2D eigenvalue weighted by atomic mass is 16.5. The summed E-state index contributed by atoms with van der Waals surface area (Å²) in [4.78, 5) is 24.3. The molecule has 0 spiro atoms. The second kappa shape index (κ2) is 6.47. The lowest BCUT2D eigenvalue weighted by atomic mass is 10.2. The van der Waals surface area contributed by atoms with E-state index in [1.807, 2.05) is 37.3 Å². The van der Waals surface area contributed by atoms with Gasteiger partial charge in [0.1, 0.15) is 5.75 Å². The molecule has 25 heavy (non-hydrogen) atoms. The number of rotatable bonds is 4. The van der Waals surface area contributed by atoms with Crippen LogP contribution in [0.25, 0.3) is 11.0 Å². The van der Waals surface area contributed by atoms with Crippen molar-refractivity contribution in [3.05, 3.63) is 58.5 Å². The van der Waals surface area contributed by atoms with Crippen LogP contribution >= 0.6 is 0 Å². The number of fused-ring (bicyclic) bond motifs is 1. The fraction of sp³-hybridized carbons (Fsp3) is 0.263. The summed E-state index contributed by atoms with van der Waals surface area (Å²) < 4.78 is 8.79. The van der Waals surface area contributed by atoms with E-state index in [4.69, 9.17) is 4.74 Å². The molecule has 6 nitrogen and oxygen atoms in total. The van der Waals surface area contributed by atoms with Crippen molar-refractivity contribution in [1.82, 2.24) is 9.13 Å². The number of ether oxygens (including phenoxy) is 1. The van der Waals surface area contributed by atoms with E-state index >= 15 is 0 Å². The molecule has 1 atom stereocenters. The highest BCUT2D eigenvalue weighted by molar-refractivity contribution is 5.95. The van der Waals surface area contributed by atoms with Crippen LogP contribution in [0.5, 0.6) is 5.75 Å². The molecule has 0 radical (unpaired) electrons. The largest absolute Gasteiger partial charge is 0.481 e. The summed E-state index contributed by atoms with van der Waals surface area (Å²) in [5.41, 5.74) is 3.23. The predicted molar refractivity (Wildman–Crippen MR) is 98.1 cm³/mol. The maximum Gasteiger partial charge on any atom is 0.328 e. The third-order valence-corrected chi connectivity index (χ3v) is 4.24. The zero-order chi connectivity index (χ0) is 18.1. The van der Waals surface area contributed by atoms with Crippen LogP contribution in [0.4, 0.5) is 5.69 Å². The van der Waals surface area contributed by atoms with Crippen LogP contribution in [-0.4, -0.2) is 21.1 Å². The number of carbonyl (C=O) groups is 1. The molecule has 3 rings (SSSR count). The lowest BCUT2D eigenvalue weighted by Crippen LogP contribution is -2.30. The van der Waals surface area contributed by atoms with Crippen molar-refractivity contribution in [3.8, 4) is 5.75 Å². The molecule has 3 aromatic rings. The monoisotopic (exact) mass is 339 g/mol.